The molecule has 0 saturated carbocycles. The topological polar surface area (TPSA) is 37.3 Å². The van der Waals surface area contributed by atoms with Gasteiger partial charge in [0.05, 0.1) is 5.92 Å². The maximum absolute atomic E-state index is 12.8. The Morgan fingerprint density at radius 2 is 2.14 bits per heavy atom. The second-order valence-electron chi connectivity index (χ2n) is 3.44. The maximum Gasteiger partial charge on any atom is 0.310 e. The molecule has 0 aromatic rings. The predicted molar refractivity (Wildman–Crippen MR) is 45.8 cm³/mol. The van der Waals surface area contributed by atoms with Crippen LogP contribution in [0.2, 0.25) is 0 Å². The SMILES string of the molecule is O=C(O)C1C=C2CC(F)=C(F)C=C2C1. The molecule has 1 atom stereocenters. The molecule has 2 rings (SSSR count). The average molecular weight is 198 g/mol. The van der Waals surface area contributed by atoms with Gasteiger partial charge in [0.1, 0.15) is 5.83 Å². The number of rotatable bonds is 1. The van der Waals surface area contributed by atoms with Crippen molar-refractivity contribution in [2.75, 3.05) is 0 Å². The molecule has 0 amide bonds. The van der Waals surface area contributed by atoms with E-state index >= 15 is 0 Å². The van der Waals surface area contributed by atoms with Gasteiger partial charge in [-0.05, 0) is 23.6 Å². The molecule has 0 aliphatic heterocycles. The first-order chi connectivity index (χ1) is 6.58. The lowest BCUT2D eigenvalue weighted by Gasteiger charge is -2.09. The highest BCUT2D eigenvalue weighted by Gasteiger charge is 2.29. The fourth-order valence-corrected chi connectivity index (χ4v) is 1.74. The van der Waals surface area contributed by atoms with Crippen LogP contribution in [0.25, 0.3) is 0 Å². The summed E-state index contributed by atoms with van der Waals surface area (Å²) in [6.07, 6.45) is 2.75. The van der Waals surface area contributed by atoms with Crippen LogP contribution in [0, 0.1) is 5.92 Å². The van der Waals surface area contributed by atoms with E-state index in [1.54, 1.807) is 0 Å². The molecule has 0 heterocycles. The minimum atomic E-state index is -0.950. The smallest absolute Gasteiger partial charge is 0.310 e. The van der Waals surface area contributed by atoms with Gasteiger partial charge in [0.25, 0.3) is 0 Å². The molecule has 0 radical (unpaired) electrons. The zero-order chi connectivity index (χ0) is 10.3. The van der Waals surface area contributed by atoms with Crippen molar-refractivity contribution in [1.82, 2.24) is 0 Å². The van der Waals surface area contributed by atoms with E-state index in [0.717, 1.165) is 6.08 Å². The van der Waals surface area contributed by atoms with Crippen LogP contribution in [0.1, 0.15) is 12.8 Å². The van der Waals surface area contributed by atoms with Crippen LogP contribution in [0.5, 0.6) is 0 Å². The van der Waals surface area contributed by atoms with Crippen LogP contribution >= 0.6 is 0 Å². The molecular weight excluding hydrogens is 190 g/mol. The minimum Gasteiger partial charge on any atom is -0.481 e. The maximum atomic E-state index is 12.8. The van der Waals surface area contributed by atoms with Crippen LogP contribution in [-0.2, 0) is 4.79 Å². The Morgan fingerprint density at radius 1 is 1.43 bits per heavy atom. The highest BCUT2D eigenvalue weighted by Crippen LogP contribution is 2.39. The molecule has 2 aliphatic carbocycles. The van der Waals surface area contributed by atoms with Crippen molar-refractivity contribution in [3.63, 3.8) is 0 Å². The van der Waals surface area contributed by atoms with Gasteiger partial charge in [-0.3, -0.25) is 4.79 Å². The van der Waals surface area contributed by atoms with Crippen LogP contribution in [-0.4, -0.2) is 11.1 Å². The average Bonchev–Trinajstić information content (AvgIpc) is 2.48. The van der Waals surface area contributed by atoms with E-state index in [4.69, 9.17) is 5.11 Å². The second-order valence-corrected chi connectivity index (χ2v) is 3.44. The third-order valence-corrected chi connectivity index (χ3v) is 2.48. The van der Waals surface area contributed by atoms with Gasteiger partial charge in [-0.2, -0.15) is 0 Å². The first kappa shape index (κ1) is 9.12. The standard InChI is InChI=1S/C10H8F2O2/c11-8-3-5-1-7(10(13)14)2-6(5)4-9(8)12/h1,4,7H,2-3H2,(H,13,14). The summed E-state index contributed by atoms with van der Waals surface area (Å²) in [6.45, 7) is 0. The zero-order valence-corrected chi connectivity index (χ0v) is 7.26. The Hall–Kier alpha value is -1.45. The van der Waals surface area contributed by atoms with Gasteiger partial charge in [0, 0.05) is 6.42 Å². The van der Waals surface area contributed by atoms with Crippen LogP contribution < -0.4 is 0 Å². The van der Waals surface area contributed by atoms with Crippen molar-refractivity contribution in [2.24, 2.45) is 5.92 Å². The Balaban J connectivity index is 2.30. The number of carboxylic acid groups (broad SMARTS) is 1. The molecule has 2 nitrogen and oxygen atoms in total. The van der Waals surface area contributed by atoms with Crippen LogP contribution in [0.15, 0.2) is 35.0 Å². The van der Waals surface area contributed by atoms with E-state index in [1.807, 2.05) is 0 Å². The summed E-state index contributed by atoms with van der Waals surface area (Å²) in [5, 5.41) is 8.72. The van der Waals surface area contributed by atoms with Gasteiger partial charge in [-0.1, -0.05) is 6.08 Å². The molecule has 14 heavy (non-hydrogen) atoms. The summed E-state index contributed by atoms with van der Waals surface area (Å²) in [7, 11) is 0. The lowest BCUT2D eigenvalue weighted by molar-refractivity contribution is -0.139. The molecule has 1 unspecified atom stereocenters. The number of aliphatic carboxylic acids is 1. The molecule has 4 heteroatoms. The molecule has 0 aromatic carbocycles. The molecular formula is C10H8F2O2. The first-order valence-corrected chi connectivity index (χ1v) is 4.26. The van der Waals surface area contributed by atoms with E-state index in [1.165, 1.54) is 6.08 Å². The predicted octanol–water partition coefficient (Wildman–Crippen LogP) is 2.50. The molecule has 1 N–H and O–H groups in total. The van der Waals surface area contributed by atoms with Gasteiger partial charge in [-0.15, -0.1) is 0 Å². The van der Waals surface area contributed by atoms with Crippen molar-refractivity contribution in [1.29, 1.82) is 0 Å². The van der Waals surface area contributed by atoms with E-state index in [-0.39, 0.29) is 12.8 Å². The van der Waals surface area contributed by atoms with Crippen LogP contribution in [0.4, 0.5) is 8.78 Å². The van der Waals surface area contributed by atoms with Gasteiger partial charge in [0.15, 0.2) is 5.83 Å². The van der Waals surface area contributed by atoms with Crippen molar-refractivity contribution < 1.29 is 18.7 Å². The summed E-state index contributed by atoms with van der Waals surface area (Å²) < 4.78 is 25.6. The largest absolute Gasteiger partial charge is 0.481 e. The summed E-state index contributed by atoms with van der Waals surface area (Å²) in [4.78, 5) is 10.6. The van der Waals surface area contributed by atoms with Gasteiger partial charge in [0.2, 0.25) is 0 Å². The number of allylic oxidation sites excluding steroid dienone is 5. The lowest BCUT2D eigenvalue weighted by atomic mass is 9.99. The summed E-state index contributed by atoms with van der Waals surface area (Å²) in [5.41, 5.74) is 1.22. The highest BCUT2D eigenvalue weighted by atomic mass is 19.2. The fourth-order valence-electron chi connectivity index (χ4n) is 1.74. The van der Waals surface area contributed by atoms with E-state index in [9.17, 15) is 13.6 Å². The molecule has 74 valence electrons. The van der Waals surface area contributed by atoms with Crippen LogP contribution in [0.3, 0.4) is 0 Å². The van der Waals surface area contributed by atoms with Gasteiger partial charge >= 0.3 is 5.97 Å². The third-order valence-electron chi connectivity index (χ3n) is 2.48. The number of hydrogen-bond donors (Lipinski definition) is 1. The highest BCUT2D eigenvalue weighted by molar-refractivity contribution is 5.75. The van der Waals surface area contributed by atoms with E-state index in [0.29, 0.717) is 11.1 Å². The van der Waals surface area contributed by atoms with Gasteiger partial charge < -0.3 is 5.11 Å². The second kappa shape index (κ2) is 3.04. The Labute approximate surface area is 79.2 Å². The minimum absolute atomic E-state index is 0.110. The van der Waals surface area contributed by atoms with Gasteiger partial charge in [-0.25, -0.2) is 8.78 Å². The number of carbonyl (C=O) groups is 1. The normalized spacial score (nSPS) is 25.7. The Kier molecular flexibility index (Phi) is 1.98. The zero-order valence-electron chi connectivity index (χ0n) is 7.26. The van der Waals surface area contributed by atoms with Crippen molar-refractivity contribution >= 4 is 5.97 Å². The fraction of sp³-hybridized carbons (Fsp3) is 0.300. The Bertz CT molecular complexity index is 391. The summed E-state index contributed by atoms with van der Waals surface area (Å²) in [6, 6.07) is 0. The number of carboxylic acids is 1. The number of halogens is 2. The van der Waals surface area contributed by atoms with Crippen molar-refractivity contribution in [3.8, 4) is 0 Å². The molecule has 0 saturated heterocycles. The monoisotopic (exact) mass is 198 g/mol. The van der Waals surface area contributed by atoms with E-state index < -0.39 is 23.5 Å². The molecule has 0 spiro atoms. The molecule has 0 fully saturated rings. The Morgan fingerprint density at radius 3 is 2.79 bits per heavy atom. The van der Waals surface area contributed by atoms with Crippen molar-refractivity contribution in [3.05, 3.63) is 35.0 Å². The number of fused-ring (bicyclic) bond motifs is 1. The first-order valence-electron chi connectivity index (χ1n) is 4.26. The quantitative estimate of drug-likeness (QED) is 0.702. The molecule has 0 aromatic heterocycles. The summed E-state index contributed by atoms with van der Waals surface area (Å²) in [5.74, 6) is -3.27. The number of hydrogen-bond acceptors (Lipinski definition) is 1. The van der Waals surface area contributed by atoms with Crippen molar-refractivity contribution in [2.45, 2.75) is 12.8 Å². The summed E-state index contributed by atoms with van der Waals surface area (Å²) >= 11 is 0. The van der Waals surface area contributed by atoms with E-state index in [2.05, 4.69) is 0 Å². The molecule has 2 aliphatic rings. The third kappa shape index (κ3) is 1.36. The molecule has 0 bridgehead atoms. The lowest BCUT2D eigenvalue weighted by Crippen LogP contribution is -2.07.